The number of aromatic nitrogens is 1. The average Bonchev–Trinajstić information content (AvgIpc) is 2.28. The van der Waals surface area contributed by atoms with Crippen molar-refractivity contribution >= 4 is 15.8 Å². The quantitative estimate of drug-likeness (QED) is 0.816. The normalized spacial score (nSPS) is 19.7. The van der Waals surface area contributed by atoms with Crippen molar-refractivity contribution in [2.24, 2.45) is 5.73 Å². The van der Waals surface area contributed by atoms with Gasteiger partial charge in [0, 0.05) is 19.3 Å². The molecule has 1 aromatic rings. The monoisotopic (exact) mass is 241 g/mol. The Morgan fingerprint density at radius 3 is 2.94 bits per heavy atom. The standard InChI is InChI=1S/C10H15N3O2S/c11-8-9-3-4-12-10(7-9)13-5-1-2-6-16(13,14)15/h3-4,7H,1-2,5-6,8,11H2. The molecule has 5 nitrogen and oxygen atoms in total. The minimum absolute atomic E-state index is 0.210. The van der Waals surface area contributed by atoms with Crippen LogP contribution in [0, 0.1) is 0 Å². The van der Waals surface area contributed by atoms with Crippen molar-refractivity contribution in [1.29, 1.82) is 0 Å². The molecule has 1 saturated heterocycles. The van der Waals surface area contributed by atoms with Gasteiger partial charge in [0.15, 0.2) is 0 Å². The lowest BCUT2D eigenvalue weighted by molar-refractivity contribution is 0.573. The summed E-state index contributed by atoms with van der Waals surface area (Å²) in [6.07, 6.45) is 3.21. The summed E-state index contributed by atoms with van der Waals surface area (Å²) in [6, 6.07) is 3.53. The van der Waals surface area contributed by atoms with Gasteiger partial charge in [-0.1, -0.05) is 0 Å². The van der Waals surface area contributed by atoms with Gasteiger partial charge in [-0.3, -0.25) is 4.31 Å². The van der Waals surface area contributed by atoms with Crippen molar-refractivity contribution < 1.29 is 8.42 Å². The van der Waals surface area contributed by atoms with Crippen LogP contribution >= 0.6 is 0 Å². The van der Waals surface area contributed by atoms with Gasteiger partial charge in [-0.2, -0.15) is 0 Å². The molecule has 2 heterocycles. The van der Waals surface area contributed by atoms with E-state index in [9.17, 15) is 8.42 Å². The van der Waals surface area contributed by atoms with Crippen LogP contribution in [-0.4, -0.2) is 25.7 Å². The molecule has 16 heavy (non-hydrogen) atoms. The number of sulfonamides is 1. The summed E-state index contributed by atoms with van der Waals surface area (Å²) in [4.78, 5) is 4.10. The van der Waals surface area contributed by atoms with Gasteiger partial charge in [0.2, 0.25) is 10.0 Å². The maximum absolute atomic E-state index is 11.8. The summed E-state index contributed by atoms with van der Waals surface area (Å²) in [5.41, 5.74) is 6.41. The molecular weight excluding hydrogens is 226 g/mol. The zero-order valence-electron chi connectivity index (χ0n) is 8.96. The molecular formula is C10H15N3O2S. The van der Waals surface area contributed by atoms with Crippen LogP contribution in [0.25, 0.3) is 0 Å². The number of rotatable bonds is 2. The summed E-state index contributed by atoms with van der Waals surface area (Å²) >= 11 is 0. The van der Waals surface area contributed by atoms with E-state index in [1.807, 2.05) is 0 Å². The Hall–Kier alpha value is -1.14. The molecule has 1 aliphatic heterocycles. The maximum Gasteiger partial charge on any atom is 0.236 e. The lowest BCUT2D eigenvalue weighted by Gasteiger charge is -2.27. The van der Waals surface area contributed by atoms with Crippen molar-refractivity contribution in [1.82, 2.24) is 4.98 Å². The van der Waals surface area contributed by atoms with E-state index in [0.717, 1.165) is 18.4 Å². The number of nitrogens with two attached hydrogens (primary N) is 1. The summed E-state index contributed by atoms with van der Waals surface area (Å²) in [7, 11) is -3.17. The fourth-order valence-electron chi connectivity index (χ4n) is 1.77. The highest BCUT2D eigenvalue weighted by Crippen LogP contribution is 2.21. The first-order chi connectivity index (χ1) is 7.63. The Kier molecular flexibility index (Phi) is 3.11. The predicted molar refractivity (Wildman–Crippen MR) is 62.5 cm³/mol. The molecule has 6 heteroatoms. The first-order valence-electron chi connectivity index (χ1n) is 5.29. The number of pyridine rings is 1. The number of nitrogens with zero attached hydrogens (tertiary/aromatic N) is 2. The van der Waals surface area contributed by atoms with Gasteiger partial charge in [-0.05, 0) is 30.5 Å². The molecule has 2 rings (SSSR count). The van der Waals surface area contributed by atoms with E-state index < -0.39 is 10.0 Å². The topological polar surface area (TPSA) is 76.3 Å². The summed E-state index contributed by atoms with van der Waals surface area (Å²) in [5.74, 6) is 0.698. The second kappa shape index (κ2) is 4.39. The van der Waals surface area contributed by atoms with Crippen LogP contribution in [0.3, 0.4) is 0 Å². The molecule has 0 spiro atoms. The molecule has 1 fully saturated rings. The lowest BCUT2D eigenvalue weighted by Crippen LogP contribution is -2.38. The van der Waals surface area contributed by atoms with Gasteiger partial charge in [-0.15, -0.1) is 0 Å². The molecule has 0 amide bonds. The van der Waals surface area contributed by atoms with Crippen molar-refractivity contribution in [2.45, 2.75) is 19.4 Å². The highest BCUT2D eigenvalue weighted by Gasteiger charge is 2.26. The summed E-state index contributed by atoms with van der Waals surface area (Å²) in [6.45, 7) is 0.909. The van der Waals surface area contributed by atoms with Crippen LogP contribution in [0.5, 0.6) is 0 Å². The van der Waals surface area contributed by atoms with Gasteiger partial charge >= 0.3 is 0 Å². The SMILES string of the molecule is NCc1ccnc(N2CCCCS2(=O)=O)c1. The predicted octanol–water partition coefficient (Wildman–Crippen LogP) is 0.470. The van der Waals surface area contributed by atoms with Gasteiger partial charge in [0.1, 0.15) is 5.82 Å². The molecule has 0 saturated carbocycles. The number of anilines is 1. The Bertz CT molecular complexity index is 473. The molecule has 88 valence electrons. The van der Waals surface area contributed by atoms with Crippen molar-refractivity contribution in [3.05, 3.63) is 23.9 Å². The van der Waals surface area contributed by atoms with Crippen molar-refractivity contribution in [2.75, 3.05) is 16.6 Å². The Morgan fingerprint density at radius 1 is 1.44 bits per heavy atom. The largest absolute Gasteiger partial charge is 0.326 e. The minimum Gasteiger partial charge on any atom is -0.326 e. The third kappa shape index (κ3) is 2.17. The molecule has 0 aliphatic carbocycles. The van der Waals surface area contributed by atoms with Crippen LogP contribution in [0.15, 0.2) is 18.3 Å². The zero-order chi connectivity index (χ0) is 11.6. The molecule has 2 N–H and O–H groups in total. The van der Waals surface area contributed by atoms with Crippen LogP contribution < -0.4 is 10.0 Å². The van der Waals surface area contributed by atoms with E-state index >= 15 is 0 Å². The Morgan fingerprint density at radius 2 is 2.25 bits per heavy atom. The smallest absolute Gasteiger partial charge is 0.236 e. The van der Waals surface area contributed by atoms with Gasteiger partial charge in [0.25, 0.3) is 0 Å². The van der Waals surface area contributed by atoms with E-state index in [1.165, 1.54) is 4.31 Å². The molecule has 1 aromatic heterocycles. The van der Waals surface area contributed by atoms with E-state index in [1.54, 1.807) is 18.3 Å². The summed E-state index contributed by atoms with van der Waals surface area (Å²) < 4.78 is 25.1. The zero-order valence-corrected chi connectivity index (χ0v) is 9.78. The fraction of sp³-hybridized carbons (Fsp3) is 0.500. The highest BCUT2D eigenvalue weighted by atomic mass is 32.2. The van der Waals surface area contributed by atoms with Gasteiger partial charge in [0.05, 0.1) is 5.75 Å². The van der Waals surface area contributed by atoms with Crippen molar-refractivity contribution in [3.63, 3.8) is 0 Å². The second-order valence-electron chi connectivity index (χ2n) is 3.82. The molecule has 1 aliphatic rings. The Balaban J connectivity index is 2.35. The fourth-order valence-corrected chi connectivity index (χ4v) is 3.35. The molecule has 0 aromatic carbocycles. The van der Waals surface area contributed by atoms with Crippen LogP contribution in [0.1, 0.15) is 18.4 Å². The minimum atomic E-state index is -3.17. The molecule has 0 radical (unpaired) electrons. The van der Waals surface area contributed by atoms with E-state index in [4.69, 9.17) is 5.73 Å². The first kappa shape index (κ1) is 11.3. The average molecular weight is 241 g/mol. The van der Waals surface area contributed by atoms with E-state index in [0.29, 0.717) is 18.9 Å². The first-order valence-corrected chi connectivity index (χ1v) is 6.90. The maximum atomic E-state index is 11.8. The Labute approximate surface area is 95.3 Å². The molecule has 0 unspecified atom stereocenters. The van der Waals surface area contributed by atoms with E-state index in [-0.39, 0.29) is 5.75 Å². The molecule has 0 atom stereocenters. The molecule has 0 bridgehead atoms. The van der Waals surface area contributed by atoms with Gasteiger partial charge in [-0.25, -0.2) is 13.4 Å². The van der Waals surface area contributed by atoms with Crippen LogP contribution in [-0.2, 0) is 16.6 Å². The van der Waals surface area contributed by atoms with E-state index in [2.05, 4.69) is 4.98 Å². The third-order valence-corrected chi connectivity index (χ3v) is 4.50. The third-order valence-electron chi connectivity index (χ3n) is 2.65. The van der Waals surface area contributed by atoms with Gasteiger partial charge < -0.3 is 5.73 Å². The highest BCUT2D eigenvalue weighted by molar-refractivity contribution is 7.92. The van der Waals surface area contributed by atoms with Crippen LogP contribution in [0.4, 0.5) is 5.82 Å². The number of hydrogen-bond donors (Lipinski definition) is 1. The summed E-state index contributed by atoms with van der Waals surface area (Å²) in [5, 5.41) is 0. The lowest BCUT2D eigenvalue weighted by atomic mass is 10.2. The van der Waals surface area contributed by atoms with Crippen molar-refractivity contribution in [3.8, 4) is 0 Å². The number of hydrogen-bond acceptors (Lipinski definition) is 4. The van der Waals surface area contributed by atoms with Crippen LogP contribution in [0.2, 0.25) is 0 Å². The second-order valence-corrected chi connectivity index (χ2v) is 5.83.